The zero-order chi connectivity index (χ0) is 25.1. The molecular weight excluding hydrogens is 452 g/mol. The standard InChI is InChI=1S/C26H34N2O7/c1-25(2,3)34-24(31)28-13-11-26(12-14-28)17-20(29)19-16-18(7-9-21(19)33-26)8-10-22(30)27-35-23-6-4-5-15-32-23/h7-10,16,23H,4-6,11-15,17H2,1-3H3,(H,27,30)/b10-8+. The average Bonchev–Trinajstić information content (AvgIpc) is 2.81. The summed E-state index contributed by atoms with van der Waals surface area (Å²) in [5.41, 5.74) is 2.42. The molecule has 3 aliphatic rings. The van der Waals surface area contributed by atoms with Crippen molar-refractivity contribution in [2.45, 2.75) is 76.8 Å². The van der Waals surface area contributed by atoms with Gasteiger partial charge >= 0.3 is 6.09 Å². The maximum Gasteiger partial charge on any atom is 0.410 e. The summed E-state index contributed by atoms with van der Waals surface area (Å²) in [6.45, 7) is 7.10. The van der Waals surface area contributed by atoms with E-state index in [0.717, 1.165) is 19.3 Å². The van der Waals surface area contributed by atoms with Gasteiger partial charge in [0.15, 0.2) is 12.1 Å². The molecule has 0 bridgehead atoms. The number of carbonyl (C=O) groups is 3. The molecule has 1 atom stereocenters. The van der Waals surface area contributed by atoms with Crippen LogP contribution in [0.25, 0.3) is 6.08 Å². The van der Waals surface area contributed by atoms with Gasteiger partial charge in [0.1, 0.15) is 17.0 Å². The van der Waals surface area contributed by atoms with Crippen molar-refractivity contribution in [1.82, 2.24) is 10.4 Å². The van der Waals surface area contributed by atoms with Gasteiger partial charge in [-0.25, -0.2) is 15.1 Å². The summed E-state index contributed by atoms with van der Waals surface area (Å²) in [7, 11) is 0. The molecule has 1 aromatic carbocycles. The van der Waals surface area contributed by atoms with E-state index >= 15 is 0 Å². The third kappa shape index (κ3) is 6.61. The Morgan fingerprint density at radius 1 is 1.20 bits per heavy atom. The number of benzene rings is 1. The highest BCUT2D eigenvalue weighted by Crippen LogP contribution is 2.40. The molecule has 9 heteroatoms. The first-order valence-corrected chi connectivity index (χ1v) is 12.2. The van der Waals surface area contributed by atoms with Crippen LogP contribution in [0.4, 0.5) is 4.79 Å². The largest absolute Gasteiger partial charge is 0.486 e. The molecule has 0 saturated carbocycles. The van der Waals surface area contributed by atoms with E-state index < -0.39 is 23.4 Å². The Balaban J connectivity index is 1.33. The van der Waals surface area contributed by atoms with Crippen LogP contribution in [0.1, 0.15) is 75.2 Å². The number of rotatable bonds is 4. The van der Waals surface area contributed by atoms with E-state index in [-0.39, 0.29) is 18.3 Å². The van der Waals surface area contributed by atoms with Crippen LogP contribution in [0.15, 0.2) is 24.3 Å². The quantitative estimate of drug-likeness (QED) is 0.507. The molecule has 190 valence electrons. The predicted octanol–water partition coefficient (Wildman–Crippen LogP) is 4.01. The lowest BCUT2D eigenvalue weighted by Crippen LogP contribution is -2.52. The van der Waals surface area contributed by atoms with Gasteiger partial charge in [-0.3, -0.25) is 9.59 Å². The van der Waals surface area contributed by atoms with Crippen LogP contribution >= 0.6 is 0 Å². The van der Waals surface area contributed by atoms with Gasteiger partial charge < -0.3 is 19.1 Å². The summed E-state index contributed by atoms with van der Waals surface area (Å²) in [5, 5.41) is 0. The van der Waals surface area contributed by atoms with Crippen LogP contribution in [0, 0.1) is 0 Å². The highest BCUT2D eigenvalue weighted by Gasteiger charge is 2.44. The van der Waals surface area contributed by atoms with E-state index in [4.69, 9.17) is 19.0 Å². The van der Waals surface area contributed by atoms with E-state index in [2.05, 4.69) is 5.48 Å². The number of nitrogens with one attached hydrogen (secondary N) is 1. The molecule has 0 aromatic heterocycles. The number of ether oxygens (including phenoxy) is 3. The molecule has 4 rings (SSSR count). The number of hydrogen-bond acceptors (Lipinski definition) is 7. The second kappa shape index (κ2) is 10.4. The first-order valence-electron chi connectivity index (χ1n) is 12.2. The third-order valence-electron chi connectivity index (χ3n) is 6.30. The first kappa shape index (κ1) is 25.2. The molecule has 35 heavy (non-hydrogen) atoms. The number of nitrogens with zero attached hydrogens (tertiary/aromatic N) is 1. The van der Waals surface area contributed by atoms with E-state index in [1.807, 2.05) is 20.8 Å². The fourth-order valence-corrected chi connectivity index (χ4v) is 4.45. The van der Waals surface area contributed by atoms with Gasteiger partial charge in [-0.15, -0.1) is 0 Å². The normalized spacial score (nSPS) is 22.0. The van der Waals surface area contributed by atoms with E-state index in [0.29, 0.717) is 49.4 Å². The van der Waals surface area contributed by atoms with Crippen LogP contribution in [-0.2, 0) is 19.1 Å². The smallest absolute Gasteiger partial charge is 0.410 e. The van der Waals surface area contributed by atoms with Crippen molar-refractivity contribution < 1.29 is 33.4 Å². The minimum Gasteiger partial charge on any atom is -0.486 e. The third-order valence-corrected chi connectivity index (χ3v) is 6.30. The van der Waals surface area contributed by atoms with Gasteiger partial charge in [0.05, 0.1) is 12.0 Å². The van der Waals surface area contributed by atoms with E-state index in [1.165, 1.54) is 6.08 Å². The summed E-state index contributed by atoms with van der Waals surface area (Å²) in [4.78, 5) is 44.4. The lowest BCUT2D eigenvalue weighted by atomic mass is 9.82. The van der Waals surface area contributed by atoms with Crippen molar-refractivity contribution in [3.63, 3.8) is 0 Å². The SMILES string of the molecule is CC(C)(C)OC(=O)N1CCC2(CC1)CC(=O)c1cc(/C=C/C(=O)NOC3CCCCO3)ccc1O2. The molecule has 9 nitrogen and oxygen atoms in total. The molecule has 1 aromatic rings. The lowest BCUT2D eigenvalue weighted by molar-refractivity contribution is -0.198. The lowest BCUT2D eigenvalue weighted by Gasteiger charge is -2.44. The van der Waals surface area contributed by atoms with Gasteiger partial charge in [0, 0.05) is 45.0 Å². The van der Waals surface area contributed by atoms with Crippen LogP contribution < -0.4 is 10.2 Å². The minimum atomic E-state index is -0.613. The molecule has 1 unspecified atom stereocenters. The number of piperidine rings is 1. The highest BCUT2D eigenvalue weighted by molar-refractivity contribution is 6.01. The maximum absolute atomic E-state index is 13.0. The summed E-state index contributed by atoms with van der Waals surface area (Å²) in [6, 6.07) is 5.30. The van der Waals surface area contributed by atoms with Gasteiger partial charge in [0.2, 0.25) is 0 Å². The van der Waals surface area contributed by atoms with Crippen molar-refractivity contribution >= 4 is 23.9 Å². The van der Waals surface area contributed by atoms with Crippen molar-refractivity contribution in [2.24, 2.45) is 0 Å². The molecule has 0 aliphatic carbocycles. The molecule has 2 amide bonds. The van der Waals surface area contributed by atoms with Crippen molar-refractivity contribution in [1.29, 1.82) is 0 Å². The number of hydroxylamine groups is 1. The highest BCUT2D eigenvalue weighted by atomic mass is 16.8. The van der Waals surface area contributed by atoms with Gasteiger partial charge in [0.25, 0.3) is 5.91 Å². The Kier molecular flexibility index (Phi) is 7.47. The zero-order valence-electron chi connectivity index (χ0n) is 20.6. The van der Waals surface area contributed by atoms with Crippen LogP contribution in [0.5, 0.6) is 5.75 Å². The summed E-state index contributed by atoms with van der Waals surface area (Å²) < 4.78 is 17.2. The Bertz CT molecular complexity index is 984. The molecule has 2 saturated heterocycles. The van der Waals surface area contributed by atoms with E-state index in [9.17, 15) is 14.4 Å². The first-order chi connectivity index (χ1) is 16.6. The Labute approximate surface area is 205 Å². The second-order valence-corrected chi connectivity index (χ2v) is 10.3. The fourth-order valence-electron chi connectivity index (χ4n) is 4.45. The number of ketones is 1. The minimum absolute atomic E-state index is 0.00514. The Hall–Kier alpha value is -2.91. The molecule has 1 spiro atoms. The Morgan fingerprint density at radius 2 is 1.97 bits per heavy atom. The molecule has 3 heterocycles. The predicted molar refractivity (Wildman–Crippen MR) is 128 cm³/mol. The number of hydrogen-bond donors (Lipinski definition) is 1. The molecular formula is C26H34N2O7. The second-order valence-electron chi connectivity index (χ2n) is 10.3. The molecule has 0 radical (unpaired) electrons. The summed E-state index contributed by atoms with van der Waals surface area (Å²) in [6.07, 6.45) is 6.35. The number of likely N-dealkylation sites (tertiary alicyclic amines) is 1. The van der Waals surface area contributed by atoms with Crippen LogP contribution in [-0.4, -0.2) is 59.9 Å². The molecule has 3 aliphatic heterocycles. The van der Waals surface area contributed by atoms with Crippen molar-refractivity contribution in [3.8, 4) is 5.75 Å². The van der Waals surface area contributed by atoms with E-state index in [1.54, 1.807) is 29.2 Å². The number of fused-ring (bicyclic) bond motifs is 1. The summed E-state index contributed by atoms with van der Waals surface area (Å²) >= 11 is 0. The number of carbonyl (C=O) groups excluding carboxylic acids is 3. The number of Topliss-reactive ketones (excluding diaryl/α,β-unsaturated/α-hetero) is 1. The van der Waals surface area contributed by atoms with Crippen molar-refractivity contribution in [3.05, 3.63) is 35.4 Å². The molecule has 2 fully saturated rings. The van der Waals surface area contributed by atoms with Gasteiger partial charge in [-0.2, -0.15) is 0 Å². The van der Waals surface area contributed by atoms with Crippen LogP contribution in [0.3, 0.4) is 0 Å². The average molecular weight is 487 g/mol. The Morgan fingerprint density at radius 3 is 2.66 bits per heavy atom. The number of amides is 2. The van der Waals surface area contributed by atoms with Gasteiger partial charge in [-0.05, 0) is 57.4 Å². The maximum atomic E-state index is 13.0. The monoisotopic (exact) mass is 486 g/mol. The van der Waals surface area contributed by atoms with Crippen LogP contribution in [0.2, 0.25) is 0 Å². The van der Waals surface area contributed by atoms with Crippen molar-refractivity contribution in [2.75, 3.05) is 19.7 Å². The van der Waals surface area contributed by atoms with Gasteiger partial charge in [-0.1, -0.05) is 6.07 Å². The topological polar surface area (TPSA) is 103 Å². The zero-order valence-corrected chi connectivity index (χ0v) is 20.6. The summed E-state index contributed by atoms with van der Waals surface area (Å²) in [5.74, 6) is 0.121. The fraction of sp³-hybridized carbons (Fsp3) is 0.577. The molecule has 1 N–H and O–H groups in total.